The summed E-state index contributed by atoms with van der Waals surface area (Å²) >= 11 is 0. The van der Waals surface area contributed by atoms with Gasteiger partial charge in [-0.3, -0.25) is 9.80 Å². The molecular formula is C13H22N4O. The van der Waals surface area contributed by atoms with Crippen molar-refractivity contribution in [2.24, 2.45) is 0 Å². The van der Waals surface area contributed by atoms with Crippen LogP contribution in [0.5, 0.6) is 0 Å². The number of hydrogen-bond acceptors (Lipinski definition) is 5. The van der Waals surface area contributed by atoms with E-state index >= 15 is 0 Å². The van der Waals surface area contributed by atoms with Crippen molar-refractivity contribution in [3.05, 3.63) is 24.3 Å². The molecule has 5 nitrogen and oxygen atoms in total. The lowest BCUT2D eigenvalue weighted by Crippen LogP contribution is -2.36. The van der Waals surface area contributed by atoms with Gasteiger partial charge in [0.2, 0.25) is 0 Å². The first-order valence-electron chi connectivity index (χ1n) is 6.36. The fourth-order valence-electron chi connectivity index (χ4n) is 2.49. The minimum atomic E-state index is 0.376. The Morgan fingerprint density at radius 2 is 2.17 bits per heavy atom. The molecule has 2 atom stereocenters. The monoisotopic (exact) mass is 250 g/mol. The van der Waals surface area contributed by atoms with Crippen LogP contribution < -0.4 is 0 Å². The molecule has 0 amide bonds. The smallest absolute Gasteiger partial charge is 0.142 e. The van der Waals surface area contributed by atoms with Crippen LogP contribution in [0.4, 0.5) is 0 Å². The van der Waals surface area contributed by atoms with Gasteiger partial charge in [-0.05, 0) is 26.6 Å². The van der Waals surface area contributed by atoms with E-state index in [1.165, 1.54) is 0 Å². The third-order valence-corrected chi connectivity index (χ3v) is 3.54. The van der Waals surface area contributed by atoms with Crippen molar-refractivity contribution in [3.8, 4) is 0 Å². The van der Waals surface area contributed by atoms with Crippen LogP contribution in [0.25, 0.3) is 0 Å². The lowest BCUT2D eigenvalue weighted by Gasteiger charge is -2.24. The summed E-state index contributed by atoms with van der Waals surface area (Å²) in [5.41, 5.74) is 0. The summed E-state index contributed by atoms with van der Waals surface area (Å²) in [4.78, 5) is 13.1. The van der Waals surface area contributed by atoms with Crippen molar-refractivity contribution in [3.63, 3.8) is 0 Å². The third-order valence-electron chi connectivity index (χ3n) is 3.54. The van der Waals surface area contributed by atoms with Gasteiger partial charge >= 0.3 is 0 Å². The van der Waals surface area contributed by atoms with Crippen LogP contribution in [-0.2, 0) is 11.3 Å². The van der Waals surface area contributed by atoms with Crippen LogP contribution in [0.3, 0.4) is 0 Å². The molecule has 0 aliphatic carbocycles. The Kier molecular flexibility index (Phi) is 4.63. The van der Waals surface area contributed by atoms with E-state index in [0.717, 1.165) is 31.9 Å². The summed E-state index contributed by atoms with van der Waals surface area (Å²) in [6, 6.07) is 2.40. The molecule has 0 aromatic carbocycles. The number of hydrogen-bond donors (Lipinski definition) is 0. The number of ether oxygens (including phenoxy) is 1. The minimum absolute atomic E-state index is 0.376. The van der Waals surface area contributed by atoms with Crippen LogP contribution in [0.15, 0.2) is 18.5 Å². The molecule has 0 spiro atoms. The van der Waals surface area contributed by atoms with Crippen molar-refractivity contribution in [1.82, 2.24) is 19.8 Å². The molecule has 0 unspecified atom stereocenters. The summed E-state index contributed by atoms with van der Waals surface area (Å²) < 4.78 is 5.43. The van der Waals surface area contributed by atoms with Gasteiger partial charge in [-0.25, -0.2) is 9.97 Å². The Morgan fingerprint density at radius 3 is 2.78 bits per heavy atom. The molecule has 1 aromatic rings. The number of aromatic nitrogens is 2. The van der Waals surface area contributed by atoms with Crippen LogP contribution in [0.2, 0.25) is 0 Å². The number of methoxy groups -OCH3 is 1. The van der Waals surface area contributed by atoms with E-state index in [-0.39, 0.29) is 0 Å². The Morgan fingerprint density at radius 1 is 1.44 bits per heavy atom. The third kappa shape index (κ3) is 3.48. The second-order valence-electron chi connectivity index (χ2n) is 5.05. The first kappa shape index (κ1) is 13.4. The fourth-order valence-corrected chi connectivity index (χ4v) is 2.49. The molecule has 1 saturated heterocycles. The molecule has 2 rings (SSSR count). The van der Waals surface area contributed by atoms with E-state index in [0.29, 0.717) is 12.1 Å². The molecule has 0 saturated carbocycles. The van der Waals surface area contributed by atoms with E-state index in [9.17, 15) is 0 Å². The maximum Gasteiger partial charge on any atom is 0.142 e. The second-order valence-corrected chi connectivity index (χ2v) is 5.05. The molecule has 0 N–H and O–H groups in total. The van der Waals surface area contributed by atoms with Gasteiger partial charge in [-0.15, -0.1) is 0 Å². The van der Waals surface area contributed by atoms with E-state index in [2.05, 4.69) is 33.9 Å². The minimum Gasteiger partial charge on any atom is -0.380 e. The van der Waals surface area contributed by atoms with Gasteiger partial charge < -0.3 is 4.74 Å². The number of likely N-dealkylation sites (N-methyl/N-ethyl adjacent to an activating group) is 2. The number of rotatable bonds is 5. The van der Waals surface area contributed by atoms with Crippen molar-refractivity contribution >= 4 is 0 Å². The highest BCUT2D eigenvalue weighted by Gasteiger charge is 2.29. The van der Waals surface area contributed by atoms with E-state index in [1.54, 1.807) is 19.5 Å². The first-order valence-corrected chi connectivity index (χ1v) is 6.36. The summed E-state index contributed by atoms with van der Waals surface area (Å²) in [7, 11) is 6.07. The van der Waals surface area contributed by atoms with Crippen LogP contribution >= 0.6 is 0 Å². The SMILES string of the molecule is CO[C@H]1C[C@@H](CN(C)Cc2ncccn2)N(C)C1. The van der Waals surface area contributed by atoms with Crippen LogP contribution in [0.1, 0.15) is 12.2 Å². The molecule has 5 heteroatoms. The first-order chi connectivity index (χ1) is 8.69. The quantitative estimate of drug-likeness (QED) is 0.766. The second kappa shape index (κ2) is 6.22. The van der Waals surface area contributed by atoms with E-state index in [1.807, 2.05) is 6.07 Å². The molecule has 100 valence electrons. The van der Waals surface area contributed by atoms with E-state index in [4.69, 9.17) is 4.74 Å². The van der Waals surface area contributed by atoms with Crippen molar-refractivity contribution in [1.29, 1.82) is 0 Å². The Balaban J connectivity index is 1.83. The van der Waals surface area contributed by atoms with Gasteiger partial charge in [-0.1, -0.05) is 0 Å². The highest BCUT2D eigenvalue weighted by Crippen LogP contribution is 2.18. The lowest BCUT2D eigenvalue weighted by atomic mass is 10.2. The van der Waals surface area contributed by atoms with Crippen molar-refractivity contribution in [2.75, 3.05) is 34.3 Å². The molecule has 1 aliphatic heterocycles. The zero-order valence-corrected chi connectivity index (χ0v) is 11.4. The number of likely N-dealkylation sites (tertiary alicyclic amines) is 1. The topological polar surface area (TPSA) is 41.5 Å². The van der Waals surface area contributed by atoms with Gasteiger partial charge in [0, 0.05) is 38.6 Å². The normalized spacial score (nSPS) is 24.9. The average Bonchev–Trinajstić information content (AvgIpc) is 2.71. The molecule has 18 heavy (non-hydrogen) atoms. The van der Waals surface area contributed by atoms with Gasteiger partial charge in [0.1, 0.15) is 5.82 Å². The van der Waals surface area contributed by atoms with Gasteiger partial charge in [0.25, 0.3) is 0 Å². The Bertz CT molecular complexity index is 359. The molecule has 0 radical (unpaired) electrons. The predicted molar refractivity (Wildman–Crippen MR) is 70.2 cm³/mol. The van der Waals surface area contributed by atoms with Crippen LogP contribution in [-0.4, -0.2) is 66.2 Å². The van der Waals surface area contributed by atoms with Gasteiger partial charge in [0.15, 0.2) is 0 Å². The summed E-state index contributed by atoms with van der Waals surface area (Å²) in [6.07, 6.45) is 5.06. The molecule has 0 bridgehead atoms. The number of nitrogens with zero attached hydrogens (tertiary/aromatic N) is 4. The van der Waals surface area contributed by atoms with E-state index < -0.39 is 0 Å². The summed E-state index contributed by atoms with van der Waals surface area (Å²) in [5.74, 6) is 0.879. The Labute approximate surface area is 109 Å². The van der Waals surface area contributed by atoms with Gasteiger partial charge in [-0.2, -0.15) is 0 Å². The van der Waals surface area contributed by atoms with Crippen molar-refractivity contribution in [2.45, 2.75) is 25.1 Å². The maximum atomic E-state index is 5.43. The highest BCUT2D eigenvalue weighted by molar-refractivity contribution is 4.90. The molecule has 1 aromatic heterocycles. The maximum absolute atomic E-state index is 5.43. The molecular weight excluding hydrogens is 228 g/mol. The molecule has 2 heterocycles. The zero-order valence-electron chi connectivity index (χ0n) is 11.4. The average molecular weight is 250 g/mol. The standard InChI is InChI=1S/C13H22N4O/c1-16(10-13-14-5-4-6-15-13)8-11-7-12(18-3)9-17(11)2/h4-6,11-12H,7-10H2,1-3H3/t11-,12-/m0/s1. The summed E-state index contributed by atoms with van der Waals surface area (Å²) in [6.45, 7) is 2.84. The van der Waals surface area contributed by atoms with Crippen LogP contribution in [0, 0.1) is 0 Å². The largest absolute Gasteiger partial charge is 0.380 e. The summed E-state index contributed by atoms with van der Waals surface area (Å²) in [5, 5.41) is 0. The fraction of sp³-hybridized carbons (Fsp3) is 0.692. The predicted octanol–water partition coefficient (Wildman–Crippen LogP) is 0.627. The zero-order chi connectivity index (χ0) is 13.0. The molecule has 1 aliphatic rings. The Hall–Kier alpha value is -1.04. The lowest BCUT2D eigenvalue weighted by molar-refractivity contribution is 0.111. The molecule has 1 fully saturated rings. The van der Waals surface area contributed by atoms with Crippen molar-refractivity contribution < 1.29 is 4.74 Å². The van der Waals surface area contributed by atoms with Gasteiger partial charge in [0.05, 0.1) is 12.6 Å². The highest BCUT2D eigenvalue weighted by atomic mass is 16.5.